The van der Waals surface area contributed by atoms with Crippen LogP contribution in [0.3, 0.4) is 0 Å². The largest absolute Gasteiger partial charge is 0.309 e. The zero-order valence-corrected chi connectivity index (χ0v) is 12.6. The molecular formula is C11H16BrFN2O2S. The van der Waals surface area contributed by atoms with Crippen LogP contribution in [-0.2, 0) is 10.0 Å². The second kappa shape index (κ2) is 6.60. The molecule has 0 aliphatic rings. The highest BCUT2D eigenvalue weighted by Crippen LogP contribution is 2.23. The first-order chi connectivity index (χ1) is 8.35. The lowest BCUT2D eigenvalue weighted by atomic mass is 10.1. The van der Waals surface area contributed by atoms with E-state index in [1.165, 1.54) is 19.2 Å². The maximum Gasteiger partial charge on any atom is 0.212 e. The van der Waals surface area contributed by atoms with Gasteiger partial charge in [-0.15, -0.1) is 0 Å². The molecule has 0 spiro atoms. The average Bonchev–Trinajstić information content (AvgIpc) is 2.28. The molecule has 1 aromatic rings. The molecule has 1 aromatic carbocycles. The average molecular weight is 339 g/mol. The first-order valence-corrected chi connectivity index (χ1v) is 7.90. The van der Waals surface area contributed by atoms with E-state index < -0.39 is 10.0 Å². The summed E-state index contributed by atoms with van der Waals surface area (Å²) in [4.78, 5) is 0. The van der Waals surface area contributed by atoms with Crippen LogP contribution in [0.4, 0.5) is 4.39 Å². The van der Waals surface area contributed by atoms with Crippen molar-refractivity contribution in [3.63, 3.8) is 0 Å². The van der Waals surface area contributed by atoms with E-state index in [0.29, 0.717) is 11.0 Å². The van der Waals surface area contributed by atoms with Gasteiger partial charge in [0.1, 0.15) is 5.82 Å². The molecule has 0 bridgehead atoms. The fraction of sp³-hybridized carbons (Fsp3) is 0.455. The molecule has 0 radical (unpaired) electrons. The van der Waals surface area contributed by atoms with Crippen LogP contribution in [0.25, 0.3) is 0 Å². The number of hydrogen-bond acceptors (Lipinski definition) is 3. The summed E-state index contributed by atoms with van der Waals surface area (Å²) < 4.78 is 38.3. The molecule has 102 valence electrons. The Hall–Kier alpha value is -0.500. The van der Waals surface area contributed by atoms with E-state index in [9.17, 15) is 12.8 Å². The number of hydrogen-bond donors (Lipinski definition) is 2. The van der Waals surface area contributed by atoms with Crippen molar-refractivity contribution in [1.29, 1.82) is 0 Å². The molecule has 0 amide bonds. The van der Waals surface area contributed by atoms with Crippen LogP contribution < -0.4 is 10.0 Å². The highest BCUT2D eigenvalue weighted by Gasteiger charge is 2.11. The monoisotopic (exact) mass is 338 g/mol. The minimum Gasteiger partial charge on any atom is -0.309 e. The van der Waals surface area contributed by atoms with E-state index >= 15 is 0 Å². The third-order valence-electron chi connectivity index (χ3n) is 2.56. The molecule has 1 atom stereocenters. The molecule has 1 rings (SSSR count). The van der Waals surface area contributed by atoms with Crippen LogP contribution >= 0.6 is 15.9 Å². The molecule has 0 aromatic heterocycles. The normalized spacial score (nSPS) is 13.6. The van der Waals surface area contributed by atoms with Gasteiger partial charge in [-0.05, 0) is 31.7 Å². The number of halogens is 2. The zero-order chi connectivity index (χ0) is 13.8. The van der Waals surface area contributed by atoms with Gasteiger partial charge in [0.2, 0.25) is 10.0 Å². The lowest BCUT2D eigenvalue weighted by Gasteiger charge is -2.15. The molecule has 4 nitrogen and oxygen atoms in total. The second-order valence-electron chi connectivity index (χ2n) is 3.86. The van der Waals surface area contributed by atoms with Crippen LogP contribution in [-0.4, -0.2) is 27.8 Å². The van der Waals surface area contributed by atoms with E-state index in [1.807, 2.05) is 6.92 Å². The highest BCUT2D eigenvalue weighted by atomic mass is 79.9. The Bertz CT molecular complexity index is 508. The van der Waals surface area contributed by atoms with Gasteiger partial charge in [-0.1, -0.05) is 22.0 Å². The van der Waals surface area contributed by atoms with Crippen molar-refractivity contribution in [3.8, 4) is 0 Å². The standard InChI is InChI=1S/C11H16BrFN2O2S/c1-8(15-5-6-18(16,17)14-2)10-4-3-9(13)7-11(10)12/h3-4,7-8,14-15H,5-6H2,1-2H3. The van der Waals surface area contributed by atoms with Crippen LogP contribution in [0.1, 0.15) is 18.5 Å². The van der Waals surface area contributed by atoms with E-state index in [2.05, 4.69) is 26.0 Å². The molecule has 2 N–H and O–H groups in total. The van der Waals surface area contributed by atoms with Gasteiger partial charge >= 0.3 is 0 Å². The quantitative estimate of drug-likeness (QED) is 0.831. The predicted octanol–water partition coefficient (Wildman–Crippen LogP) is 1.79. The Morgan fingerprint density at radius 2 is 2.11 bits per heavy atom. The van der Waals surface area contributed by atoms with E-state index in [1.54, 1.807) is 6.07 Å². The number of benzene rings is 1. The Morgan fingerprint density at radius 1 is 1.44 bits per heavy atom. The molecule has 0 aliphatic heterocycles. The van der Waals surface area contributed by atoms with Gasteiger partial charge in [-0.25, -0.2) is 17.5 Å². The van der Waals surface area contributed by atoms with Gasteiger partial charge in [0.05, 0.1) is 5.75 Å². The first-order valence-electron chi connectivity index (χ1n) is 5.45. The smallest absolute Gasteiger partial charge is 0.212 e. The summed E-state index contributed by atoms with van der Waals surface area (Å²) in [5.74, 6) is -0.303. The van der Waals surface area contributed by atoms with Gasteiger partial charge in [0.25, 0.3) is 0 Å². The summed E-state index contributed by atoms with van der Waals surface area (Å²) >= 11 is 3.28. The van der Waals surface area contributed by atoms with Crippen molar-refractivity contribution in [2.24, 2.45) is 0 Å². The van der Waals surface area contributed by atoms with Crippen LogP contribution in [0, 0.1) is 5.82 Å². The molecule has 7 heteroatoms. The summed E-state index contributed by atoms with van der Waals surface area (Å²) in [7, 11) is -1.81. The van der Waals surface area contributed by atoms with Crippen LogP contribution in [0.15, 0.2) is 22.7 Å². The minimum atomic E-state index is -3.20. The lowest BCUT2D eigenvalue weighted by Crippen LogP contribution is -2.31. The molecule has 0 heterocycles. The second-order valence-corrected chi connectivity index (χ2v) is 6.76. The van der Waals surface area contributed by atoms with Crippen molar-refractivity contribution in [1.82, 2.24) is 10.0 Å². The number of nitrogens with one attached hydrogen (secondary N) is 2. The van der Waals surface area contributed by atoms with Crippen molar-refractivity contribution in [2.45, 2.75) is 13.0 Å². The summed E-state index contributed by atoms with van der Waals surface area (Å²) in [5.41, 5.74) is 0.887. The molecular weight excluding hydrogens is 323 g/mol. The Balaban J connectivity index is 2.58. The van der Waals surface area contributed by atoms with Gasteiger partial charge in [-0.3, -0.25) is 0 Å². The fourth-order valence-electron chi connectivity index (χ4n) is 1.47. The topological polar surface area (TPSA) is 58.2 Å². The fourth-order valence-corrected chi connectivity index (χ4v) is 2.76. The number of rotatable bonds is 6. The summed E-state index contributed by atoms with van der Waals surface area (Å²) in [6.07, 6.45) is 0. The van der Waals surface area contributed by atoms with Crippen molar-refractivity contribution < 1.29 is 12.8 Å². The van der Waals surface area contributed by atoms with Gasteiger partial charge in [0, 0.05) is 17.1 Å². The third-order valence-corrected chi connectivity index (χ3v) is 4.61. The van der Waals surface area contributed by atoms with E-state index in [4.69, 9.17) is 0 Å². The summed E-state index contributed by atoms with van der Waals surface area (Å²) in [6, 6.07) is 4.37. The van der Waals surface area contributed by atoms with Gasteiger partial charge < -0.3 is 5.32 Å². The maximum atomic E-state index is 12.9. The van der Waals surface area contributed by atoms with Crippen molar-refractivity contribution in [2.75, 3.05) is 19.3 Å². The molecule has 0 saturated carbocycles. The Kier molecular flexibility index (Phi) is 5.71. The van der Waals surface area contributed by atoms with E-state index in [0.717, 1.165) is 5.56 Å². The van der Waals surface area contributed by atoms with Crippen LogP contribution in [0.5, 0.6) is 0 Å². The third kappa shape index (κ3) is 4.64. The predicted molar refractivity (Wildman–Crippen MR) is 73.4 cm³/mol. The zero-order valence-electron chi connectivity index (χ0n) is 10.2. The van der Waals surface area contributed by atoms with Gasteiger partial charge in [-0.2, -0.15) is 0 Å². The SMILES string of the molecule is CNS(=O)(=O)CCNC(C)c1ccc(F)cc1Br. The first kappa shape index (κ1) is 15.6. The van der Waals surface area contributed by atoms with Crippen molar-refractivity contribution in [3.05, 3.63) is 34.1 Å². The maximum absolute atomic E-state index is 12.9. The molecule has 18 heavy (non-hydrogen) atoms. The lowest BCUT2D eigenvalue weighted by molar-refractivity contribution is 0.565. The molecule has 0 fully saturated rings. The van der Waals surface area contributed by atoms with Crippen LogP contribution in [0.2, 0.25) is 0 Å². The highest BCUT2D eigenvalue weighted by molar-refractivity contribution is 9.10. The van der Waals surface area contributed by atoms with Gasteiger partial charge in [0.15, 0.2) is 0 Å². The Labute approximate surface area is 115 Å². The molecule has 0 aliphatic carbocycles. The number of sulfonamides is 1. The van der Waals surface area contributed by atoms with Crippen molar-refractivity contribution >= 4 is 26.0 Å². The molecule has 1 unspecified atom stereocenters. The summed E-state index contributed by atoms with van der Waals surface area (Å²) in [6.45, 7) is 2.22. The Morgan fingerprint density at radius 3 is 2.67 bits per heavy atom. The minimum absolute atomic E-state index is 0.00660. The molecule has 0 saturated heterocycles. The van der Waals surface area contributed by atoms with E-state index in [-0.39, 0.29) is 17.6 Å². The summed E-state index contributed by atoms with van der Waals surface area (Å²) in [5, 5.41) is 3.08.